The maximum Gasteiger partial charge on any atom is 0.140 e. The van der Waals surface area contributed by atoms with Gasteiger partial charge in [0.05, 0.1) is 6.20 Å². The molecule has 1 heterocycles. The van der Waals surface area contributed by atoms with Crippen LogP contribution in [-0.4, -0.2) is 16.7 Å². The molecule has 1 rings (SSSR count). The molecule has 10 heavy (non-hydrogen) atoms. The number of nitrogens with two attached hydrogens (primary N) is 1. The third-order valence-corrected chi connectivity index (χ3v) is 1.09. The molecule has 0 aromatic carbocycles. The number of hydrogen-bond donors (Lipinski definition) is 2. The van der Waals surface area contributed by atoms with Crippen molar-refractivity contribution in [1.82, 2.24) is 10.2 Å². The van der Waals surface area contributed by atoms with E-state index in [1.807, 2.05) is 0 Å². The van der Waals surface area contributed by atoms with Crippen LogP contribution in [0.25, 0.3) is 0 Å². The number of rotatable bonds is 2. The molecule has 0 radical (unpaired) electrons. The van der Waals surface area contributed by atoms with Gasteiger partial charge in [0.2, 0.25) is 0 Å². The second kappa shape index (κ2) is 4.24. The number of aromatic amines is 1. The Balaban J connectivity index is 0.000000810. The molecule has 0 saturated carbocycles. The van der Waals surface area contributed by atoms with E-state index >= 15 is 0 Å². The Morgan fingerprint density at radius 1 is 1.80 bits per heavy atom. The van der Waals surface area contributed by atoms with Gasteiger partial charge in [-0.1, -0.05) is 0 Å². The molecular formula is C5H9ClFN3. The van der Waals surface area contributed by atoms with Crippen LogP contribution in [-0.2, 0) is 0 Å². The molecule has 58 valence electrons. The van der Waals surface area contributed by atoms with Gasteiger partial charge >= 0.3 is 0 Å². The number of nitrogens with one attached hydrogen (secondary N) is 1. The van der Waals surface area contributed by atoms with Crippen LogP contribution in [0.2, 0.25) is 0 Å². The summed E-state index contributed by atoms with van der Waals surface area (Å²) in [4.78, 5) is 0. The smallest absolute Gasteiger partial charge is 0.140 e. The molecule has 0 bridgehead atoms. The lowest BCUT2D eigenvalue weighted by atomic mass is 10.2. The number of nitrogens with zero attached hydrogens (tertiary/aromatic N) is 1. The van der Waals surface area contributed by atoms with Crippen LogP contribution in [0.5, 0.6) is 0 Å². The number of halogens is 2. The van der Waals surface area contributed by atoms with E-state index < -0.39 is 6.17 Å². The van der Waals surface area contributed by atoms with Crippen molar-refractivity contribution >= 4 is 12.4 Å². The Hall–Kier alpha value is -0.610. The first-order valence-electron chi connectivity index (χ1n) is 2.67. The highest BCUT2D eigenvalue weighted by Gasteiger charge is 2.06. The van der Waals surface area contributed by atoms with Crippen molar-refractivity contribution in [3.63, 3.8) is 0 Å². The molecule has 1 aromatic rings. The summed E-state index contributed by atoms with van der Waals surface area (Å²) in [7, 11) is 0. The van der Waals surface area contributed by atoms with Crippen molar-refractivity contribution in [3.05, 3.63) is 18.0 Å². The predicted molar refractivity (Wildman–Crippen MR) is 38.7 cm³/mol. The quantitative estimate of drug-likeness (QED) is 0.681. The molecule has 3 N–H and O–H groups in total. The lowest BCUT2D eigenvalue weighted by molar-refractivity contribution is 0.353. The van der Waals surface area contributed by atoms with Crippen molar-refractivity contribution in [2.75, 3.05) is 6.54 Å². The van der Waals surface area contributed by atoms with Gasteiger partial charge in [-0.3, -0.25) is 5.10 Å². The van der Waals surface area contributed by atoms with Crippen LogP contribution >= 0.6 is 12.4 Å². The van der Waals surface area contributed by atoms with Crippen LogP contribution in [0.1, 0.15) is 11.7 Å². The Bertz CT molecular complexity index is 165. The van der Waals surface area contributed by atoms with Gasteiger partial charge < -0.3 is 5.73 Å². The van der Waals surface area contributed by atoms with Crippen LogP contribution in [0, 0.1) is 0 Å². The zero-order valence-electron chi connectivity index (χ0n) is 5.25. The van der Waals surface area contributed by atoms with Crippen molar-refractivity contribution < 1.29 is 4.39 Å². The van der Waals surface area contributed by atoms with Crippen molar-refractivity contribution in [3.8, 4) is 0 Å². The number of hydrogen-bond acceptors (Lipinski definition) is 2. The van der Waals surface area contributed by atoms with E-state index in [9.17, 15) is 4.39 Å². The molecule has 1 unspecified atom stereocenters. The number of aromatic nitrogens is 2. The highest BCUT2D eigenvalue weighted by Crippen LogP contribution is 2.12. The van der Waals surface area contributed by atoms with E-state index in [4.69, 9.17) is 5.73 Å². The van der Waals surface area contributed by atoms with Crippen LogP contribution in [0.3, 0.4) is 0 Å². The van der Waals surface area contributed by atoms with Crippen molar-refractivity contribution in [1.29, 1.82) is 0 Å². The average Bonchev–Trinajstić information content (AvgIpc) is 2.37. The average molecular weight is 166 g/mol. The molecule has 0 spiro atoms. The second-order valence-electron chi connectivity index (χ2n) is 1.73. The minimum absolute atomic E-state index is 0. The third kappa shape index (κ3) is 1.97. The first kappa shape index (κ1) is 9.39. The summed E-state index contributed by atoms with van der Waals surface area (Å²) in [5.41, 5.74) is 5.56. The van der Waals surface area contributed by atoms with E-state index in [0.717, 1.165) is 0 Å². The van der Waals surface area contributed by atoms with Gasteiger partial charge in [-0.25, -0.2) is 4.39 Å². The molecular weight excluding hydrogens is 157 g/mol. The van der Waals surface area contributed by atoms with Crippen LogP contribution in [0.15, 0.2) is 12.4 Å². The largest absolute Gasteiger partial charge is 0.327 e. The molecule has 0 fully saturated rings. The summed E-state index contributed by atoms with van der Waals surface area (Å²) in [5, 5.41) is 6.07. The summed E-state index contributed by atoms with van der Waals surface area (Å²) >= 11 is 0. The second-order valence-corrected chi connectivity index (χ2v) is 1.73. The van der Waals surface area contributed by atoms with Gasteiger partial charge in [0.1, 0.15) is 6.17 Å². The van der Waals surface area contributed by atoms with Gasteiger partial charge in [0, 0.05) is 18.3 Å². The number of alkyl halides is 1. The summed E-state index contributed by atoms with van der Waals surface area (Å²) in [5.74, 6) is 0. The highest BCUT2D eigenvalue weighted by atomic mass is 35.5. The fourth-order valence-corrected chi connectivity index (χ4v) is 0.568. The maximum atomic E-state index is 12.5. The zero-order chi connectivity index (χ0) is 6.69. The van der Waals surface area contributed by atoms with E-state index in [1.165, 1.54) is 12.4 Å². The lowest BCUT2D eigenvalue weighted by Crippen LogP contribution is -2.06. The fraction of sp³-hybridized carbons (Fsp3) is 0.400. The Morgan fingerprint density at radius 2 is 2.50 bits per heavy atom. The first-order chi connectivity index (χ1) is 4.34. The van der Waals surface area contributed by atoms with Gasteiger partial charge in [0.15, 0.2) is 0 Å². The Morgan fingerprint density at radius 3 is 2.90 bits per heavy atom. The first-order valence-corrected chi connectivity index (χ1v) is 2.67. The Kier molecular flexibility index (Phi) is 3.99. The molecule has 0 aliphatic rings. The zero-order valence-corrected chi connectivity index (χ0v) is 6.07. The van der Waals surface area contributed by atoms with Crippen LogP contribution in [0.4, 0.5) is 4.39 Å². The van der Waals surface area contributed by atoms with Gasteiger partial charge in [-0.05, 0) is 0 Å². The predicted octanol–water partition coefficient (Wildman–Crippen LogP) is 0.801. The number of H-pyrrole nitrogens is 1. The van der Waals surface area contributed by atoms with E-state index in [-0.39, 0.29) is 19.0 Å². The van der Waals surface area contributed by atoms with E-state index in [1.54, 1.807) is 0 Å². The lowest BCUT2D eigenvalue weighted by Gasteiger charge is -1.97. The molecule has 5 heteroatoms. The van der Waals surface area contributed by atoms with Gasteiger partial charge in [-0.2, -0.15) is 5.10 Å². The third-order valence-electron chi connectivity index (χ3n) is 1.09. The molecule has 1 aromatic heterocycles. The van der Waals surface area contributed by atoms with Gasteiger partial charge in [-0.15, -0.1) is 12.4 Å². The van der Waals surface area contributed by atoms with Crippen LogP contribution < -0.4 is 5.73 Å². The standard InChI is InChI=1S/C5H8FN3.ClH/c6-5(1-7)4-2-8-9-3-4;/h2-3,5H,1,7H2,(H,8,9);1H. The highest BCUT2D eigenvalue weighted by molar-refractivity contribution is 5.85. The Labute approximate surface area is 64.2 Å². The molecule has 0 aliphatic carbocycles. The maximum absolute atomic E-state index is 12.5. The summed E-state index contributed by atoms with van der Waals surface area (Å²) in [6.45, 7) is 0.0134. The normalized spacial score (nSPS) is 12.2. The molecule has 0 aliphatic heterocycles. The van der Waals surface area contributed by atoms with E-state index in [2.05, 4.69) is 10.2 Å². The molecule has 0 saturated heterocycles. The summed E-state index contributed by atoms with van der Waals surface area (Å²) in [6.07, 6.45) is 1.85. The topological polar surface area (TPSA) is 54.7 Å². The van der Waals surface area contributed by atoms with E-state index in [0.29, 0.717) is 5.56 Å². The summed E-state index contributed by atoms with van der Waals surface area (Å²) < 4.78 is 12.5. The van der Waals surface area contributed by atoms with Crippen molar-refractivity contribution in [2.45, 2.75) is 6.17 Å². The molecule has 1 atom stereocenters. The minimum atomic E-state index is -1.08. The van der Waals surface area contributed by atoms with Gasteiger partial charge in [0.25, 0.3) is 0 Å². The molecule has 3 nitrogen and oxygen atoms in total. The SMILES string of the molecule is Cl.NCC(F)c1cn[nH]c1. The fourth-order valence-electron chi connectivity index (χ4n) is 0.568. The minimum Gasteiger partial charge on any atom is -0.327 e. The monoisotopic (exact) mass is 165 g/mol. The molecule has 0 amide bonds. The summed E-state index contributed by atoms with van der Waals surface area (Å²) in [6, 6.07) is 0. The van der Waals surface area contributed by atoms with Crippen molar-refractivity contribution in [2.24, 2.45) is 5.73 Å².